The number of carbonyl (C=O) groups is 1. The molecule has 0 saturated heterocycles. The van der Waals surface area contributed by atoms with E-state index in [9.17, 15) is 14.9 Å². The van der Waals surface area contributed by atoms with Crippen LogP contribution in [0.3, 0.4) is 0 Å². The number of non-ortho nitro benzene ring substituents is 1. The number of nitro groups is 1. The maximum Gasteiger partial charge on any atom is 0.505 e. The Bertz CT molecular complexity index is 496. The molecule has 0 bridgehead atoms. The maximum atomic E-state index is 10.5. The summed E-state index contributed by atoms with van der Waals surface area (Å²) in [6.45, 7) is 0.263. The summed E-state index contributed by atoms with van der Waals surface area (Å²) in [5, 5.41) is 18.8. The highest BCUT2D eigenvalue weighted by Gasteiger charge is 2.02. The Morgan fingerprint density at radius 1 is 1.14 bits per heavy atom. The monoisotopic (exact) mass is 307 g/mol. The van der Waals surface area contributed by atoms with E-state index in [1.165, 1.54) is 12.1 Å². The SMILES string of the molecule is O=C(O)OCCCCCC=CCCc1ccc([N+](=O)[O-])cc1. The van der Waals surface area contributed by atoms with E-state index in [1.54, 1.807) is 12.1 Å². The zero-order valence-corrected chi connectivity index (χ0v) is 12.4. The third-order valence-electron chi connectivity index (χ3n) is 3.15. The lowest BCUT2D eigenvalue weighted by molar-refractivity contribution is -0.384. The van der Waals surface area contributed by atoms with E-state index in [0.29, 0.717) is 0 Å². The lowest BCUT2D eigenvalue weighted by atomic mass is 10.1. The van der Waals surface area contributed by atoms with Crippen LogP contribution >= 0.6 is 0 Å². The number of allylic oxidation sites excluding steroid dienone is 2. The molecule has 0 aromatic heterocycles. The Hall–Kier alpha value is -2.37. The number of benzene rings is 1. The minimum Gasteiger partial charge on any atom is -0.450 e. The number of hydrogen-bond donors (Lipinski definition) is 1. The molecule has 120 valence electrons. The highest BCUT2D eigenvalue weighted by atomic mass is 16.7. The van der Waals surface area contributed by atoms with Gasteiger partial charge in [-0.05, 0) is 44.1 Å². The fourth-order valence-corrected chi connectivity index (χ4v) is 1.97. The van der Waals surface area contributed by atoms with Crippen LogP contribution in [0.4, 0.5) is 10.5 Å². The normalized spacial score (nSPS) is 10.7. The molecule has 0 saturated carbocycles. The third kappa shape index (κ3) is 8.04. The largest absolute Gasteiger partial charge is 0.505 e. The fraction of sp³-hybridized carbons (Fsp3) is 0.438. The first-order valence-corrected chi connectivity index (χ1v) is 7.33. The predicted molar refractivity (Wildman–Crippen MR) is 83.0 cm³/mol. The Morgan fingerprint density at radius 3 is 2.45 bits per heavy atom. The number of hydrogen-bond acceptors (Lipinski definition) is 4. The van der Waals surface area contributed by atoms with Gasteiger partial charge in [-0.1, -0.05) is 24.3 Å². The summed E-state index contributed by atoms with van der Waals surface area (Å²) in [5.74, 6) is 0. The molecule has 6 heteroatoms. The van der Waals surface area contributed by atoms with Crippen LogP contribution in [0.25, 0.3) is 0 Å². The minimum atomic E-state index is -1.22. The zero-order valence-electron chi connectivity index (χ0n) is 12.4. The van der Waals surface area contributed by atoms with E-state index in [4.69, 9.17) is 5.11 Å². The van der Waals surface area contributed by atoms with Crippen molar-refractivity contribution in [2.75, 3.05) is 6.61 Å². The van der Waals surface area contributed by atoms with Crippen molar-refractivity contribution in [3.05, 3.63) is 52.1 Å². The highest BCUT2D eigenvalue weighted by molar-refractivity contribution is 5.56. The molecular formula is C16H21NO5. The van der Waals surface area contributed by atoms with Gasteiger partial charge in [-0.2, -0.15) is 0 Å². The van der Waals surface area contributed by atoms with E-state index in [0.717, 1.165) is 44.1 Å². The minimum absolute atomic E-state index is 0.117. The molecule has 0 unspecified atom stereocenters. The van der Waals surface area contributed by atoms with Gasteiger partial charge < -0.3 is 9.84 Å². The first kappa shape index (κ1) is 17.7. The van der Waals surface area contributed by atoms with Gasteiger partial charge >= 0.3 is 6.16 Å². The molecule has 1 N–H and O–H groups in total. The average Bonchev–Trinajstić information content (AvgIpc) is 2.49. The van der Waals surface area contributed by atoms with E-state index in [1.807, 2.05) is 0 Å². The Morgan fingerprint density at radius 2 is 1.82 bits per heavy atom. The smallest absolute Gasteiger partial charge is 0.450 e. The second-order valence-corrected chi connectivity index (χ2v) is 4.90. The summed E-state index contributed by atoms with van der Waals surface area (Å²) in [4.78, 5) is 20.2. The van der Waals surface area contributed by atoms with Crippen molar-refractivity contribution in [1.82, 2.24) is 0 Å². The van der Waals surface area contributed by atoms with Crippen LogP contribution in [0.15, 0.2) is 36.4 Å². The second kappa shape index (κ2) is 10.4. The van der Waals surface area contributed by atoms with Crippen molar-refractivity contribution in [3.8, 4) is 0 Å². The van der Waals surface area contributed by atoms with E-state index >= 15 is 0 Å². The summed E-state index contributed by atoms with van der Waals surface area (Å²) in [6.07, 6.45) is 8.44. The molecule has 0 aliphatic heterocycles. The van der Waals surface area contributed by atoms with Gasteiger partial charge in [0.25, 0.3) is 5.69 Å². The number of rotatable bonds is 10. The van der Waals surface area contributed by atoms with Crippen LogP contribution in [-0.2, 0) is 11.2 Å². The molecule has 1 rings (SSSR count). The zero-order chi connectivity index (χ0) is 16.2. The Labute approximate surface area is 129 Å². The molecule has 0 fully saturated rings. The van der Waals surface area contributed by atoms with Crippen molar-refractivity contribution in [3.63, 3.8) is 0 Å². The van der Waals surface area contributed by atoms with E-state index in [-0.39, 0.29) is 12.3 Å². The molecule has 0 aliphatic rings. The van der Waals surface area contributed by atoms with Gasteiger partial charge in [0.05, 0.1) is 11.5 Å². The first-order chi connectivity index (χ1) is 10.6. The van der Waals surface area contributed by atoms with Crippen molar-refractivity contribution in [2.45, 2.75) is 38.5 Å². The molecular weight excluding hydrogens is 286 g/mol. The molecule has 22 heavy (non-hydrogen) atoms. The van der Waals surface area contributed by atoms with Crippen molar-refractivity contribution in [1.29, 1.82) is 0 Å². The number of nitrogens with zero attached hydrogens (tertiary/aromatic N) is 1. The summed E-state index contributed by atoms with van der Waals surface area (Å²) in [6, 6.07) is 6.62. The number of aryl methyl sites for hydroxylation is 1. The molecule has 6 nitrogen and oxygen atoms in total. The standard InChI is InChI=1S/C16H21NO5/c18-16(19)22-13-7-5-3-1-2-4-6-8-14-9-11-15(12-10-14)17(20)21/h2,4,9-12H,1,3,5-8,13H2,(H,18,19). The number of unbranched alkanes of at least 4 members (excludes halogenated alkanes) is 3. The van der Waals surface area contributed by atoms with Gasteiger partial charge in [0, 0.05) is 12.1 Å². The van der Waals surface area contributed by atoms with Crippen molar-refractivity contribution < 1.29 is 19.6 Å². The molecule has 0 aliphatic carbocycles. The van der Waals surface area contributed by atoms with Crippen LogP contribution in [-0.4, -0.2) is 22.8 Å². The van der Waals surface area contributed by atoms with Crippen LogP contribution in [0, 0.1) is 10.1 Å². The van der Waals surface area contributed by atoms with Gasteiger partial charge in [-0.15, -0.1) is 0 Å². The quantitative estimate of drug-likeness (QED) is 0.228. The Kier molecular flexibility index (Phi) is 8.33. The van der Waals surface area contributed by atoms with Crippen LogP contribution < -0.4 is 0 Å². The lowest BCUT2D eigenvalue weighted by Gasteiger charge is -1.99. The van der Waals surface area contributed by atoms with Gasteiger partial charge in [-0.3, -0.25) is 10.1 Å². The van der Waals surface area contributed by atoms with Crippen molar-refractivity contribution in [2.24, 2.45) is 0 Å². The van der Waals surface area contributed by atoms with E-state index in [2.05, 4.69) is 16.9 Å². The predicted octanol–water partition coefficient (Wildman–Crippen LogP) is 4.34. The number of nitro benzene ring substituents is 1. The molecule has 0 atom stereocenters. The summed E-state index contributed by atoms with van der Waals surface area (Å²) in [5.41, 5.74) is 1.20. The van der Waals surface area contributed by atoms with Crippen LogP contribution in [0.5, 0.6) is 0 Å². The highest BCUT2D eigenvalue weighted by Crippen LogP contribution is 2.13. The van der Waals surface area contributed by atoms with Crippen LogP contribution in [0.1, 0.15) is 37.7 Å². The molecule has 0 heterocycles. The molecule has 0 radical (unpaired) electrons. The Balaban J connectivity index is 2.06. The molecule has 1 aromatic rings. The van der Waals surface area contributed by atoms with E-state index < -0.39 is 11.1 Å². The molecule has 1 aromatic carbocycles. The van der Waals surface area contributed by atoms with Crippen molar-refractivity contribution >= 4 is 11.8 Å². The topological polar surface area (TPSA) is 89.7 Å². The van der Waals surface area contributed by atoms with Crippen LogP contribution in [0.2, 0.25) is 0 Å². The summed E-state index contributed by atoms with van der Waals surface area (Å²) >= 11 is 0. The third-order valence-corrected chi connectivity index (χ3v) is 3.15. The van der Waals surface area contributed by atoms with Gasteiger partial charge in [0.2, 0.25) is 0 Å². The summed E-state index contributed by atoms with van der Waals surface area (Å²) < 4.78 is 4.42. The van der Waals surface area contributed by atoms with Gasteiger partial charge in [0.15, 0.2) is 0 Å². The van der Waals surface area contributed by atoms with Gasteiger partial charge in [0.1, 0.15) is 0 Å². The average molecular weight is 307 g/mol. The first-order valence-electron chi connectivity index (χ1n) is 7.33. The van der Waals surface area contributed by atoms with Gasteiger partial charge in [-0.25, -0.2) is 4.79 Å². The second-order valence-electron chi connectivity index (χ2n) is 4.90. The molecule has 0 amide bonds. The number of ether oxygens (including phenoxy) is 1. The number of carboxylic acid groups (broad SMARTS) is 1. The lowest BCUT2D eigenvalue weighted by Crippen LogP contribution is -2.01. The fourth-order valence-electron chi connectivity index (χ4n) is 1.97. The maximum absolute atomic E-state index is 10.5. The summed E-state index contributed by atoms with van der Waals surface area (Å²) in [7, 11) is 0. The molecule has 0 spiro atoms.